The molecule has 0 aliphatic carbocycles. The SMILES string of the molecule is CC(C)NCc1ccc(-c2ccc(F)c(C(F)(F)F)c2)o1. The van der Waals surface area contributed by atoms with Crippen LogP contribution < -0.4 is 5.32 Å². The average molecular weight is 301 g/mol. The van der Waals surface area contributed by atoms with Crippen molar-refractivity contribution in [2.75, 3.05) is 0 Å². The van der Waals surface area contributed by atoms with Crippen LogP contribution in [-0.2, 0) is 12.7 Å². The molecular weight excluding hydrogens is 286 g/mol. The number of benzene rings is 1. The Morgan fingerprint density at radius 1 is 1.14 bits per heavy atom. The first-order valence-corrected chi connectivity index (χ1v) is 6.46. The highest BCUT2D eigenvalue weighted by Gasteiger charge is 2.34. The predicted molar refractivity (Wildman–Crippen MR) is 71.1 cm³/mol. The van der Waals surface area contributed by atoms with Crippen molar-refractivity contribution >= 4 is 0 Å². The maximum Gasteiger partial charge on any atom is 0.419 e. The molecule has 21 heavy (non-hydrogen) atoms. The Bertz CT molecular complexity index is 616. The van der Waals surface area contributed by atoms with Gasteiger partial charge in [-0.3, -0.25) is 0 Å². The maximum absolute atomic E-state index is 13.2. The zero-order valence-electron chi connectivity index (χ0n) is 11.6. The molecule has 2 rings (SSSR count). The molecule has 0 aliphatic rings. The van der Waals surface area contributed by atoms with Crippen molar-refractivity contribution < 1.29 is 22.0 Å². The van der Waals surface area contributed by atoms with Crippen LogP contribution in [0, 0.1) is 5.82 Å². The minimum atomic E-state index is -4.73. The van der Waals surface area contributed by atoms with E-state index >= 15 is 0 Å². The second kappa shape index (κ2) is 5.89. The van der Waals surface area contributed by atoms with Crippen molar-refractivity contribution in [1.82, 2.24) is 5.32 Å². The highest BCUT2D eigenvalue weighted by molar-refractivity contribution is 5.59. The van der Waals surface area contributed by atoms with Gasteiger partial charge < -0.3 is 9.73 Å². The van der Waals surface area contributed by atoms with Crippen molar-refractivity contribution in [2.45, 2.75) is 32.6 Å². The molecule has 114 valence electrons. The number of alkyl halides is 3. The molecule has 1 aromatic carbocycles. The Morgan fingerprint density at radius 3 is 2.48 bits per heavy atom. The zero-order valence-corrected chi connectivity index (χ0v) is 11.6. The number of hydrogen-bond donors (Lipinski definition) is 1. The highest BCUT2D eigenvalue weighted by atomic mass is 19.4. The first-order chi connectivity index (χ1) is 9.77. The van der Waals surface area contributed by atoms with Gasteiger partial charge in [0.1, 0.15) is 17.3 Å². The fourth-order valence-electron chi connectivity index (χ4n) is 1.83. The van der Waals surface area contributed by atoms with E-state index in [0.29, 0.717) is 12.3 Å². The van der Waals surface area contributed by atoms with Gasteiger partial charge in [0.15, 0.2) is 0 Å². The Labute approximate surface area is 119 Å². The molecule has 0 fully saturated rings. The average Bonchev–Trinajstić information content (AvgIpc) is 2.84. The standard InChI is InChI=1S/C15H15F4NO/c1-9(2)20-8-11-4-6-14(21-11)10-3-5-13(16)12(7-10)15(17,18)19/h3-7,9,20H,8H2,1-2H3. The lowest BCUT2D eigenvalue weighted by Gasteiger charge is -2.09. The van der Waals surface area contributed by atoms with Gasteiger partial charge in [-0.15, -0.1) is 0 Å². The van der Waals surface area contributed by atoms with Gasteiger partial charge in [0, 0.05) is 11.6 Å². The number of furan rings is 1. The number of rotatable bonds is 4. The molecular formula is C15H15F4NO. The van der Waals surface area contributed by atoms with E-state index < -0.39 is 17.6 Å². The first kappa shape index (κ1) is 15.6. The van der Waals surface area contributed by atoms with Crippen LogP contribution >= 0.6 is 0 Å². The lowest BCUT2D eigenvalue weighted by Crippen LogP contribution is -2.21. The van der Waals surface area contributed by atoms with E-state index in [1.165, 1.54) is 6.07 Å². The van der Waals surface area contributed by atoms with E-state index in [9.17, 15) is 17.6 Å². The molecule has 1 N–H and O–H groups in total. The van der Waals surface area contributed by atoms with Gasteiger partial charge in [-0.2, -0.15) is 13.2 Å². The second-order valence-corrected chi connectivity index (χ2v) is 4.99. The van der Waals surface area contributed by atoms with Crippen LogP contribution in [0.25, 0.3) is 11.3 Å². The summed E-state index contributed by atoms with van der Waals surface area (Å²) in [6.07, 6.45) is -4.73. The van der Waals surface area contributed by atoms with Crippen molar-refractivity contribution in [3.05, 3.63) is 47.5 Å². The first-order valence-electron chi connectivity index (χ1n) is 6.46. The molecule has 0 spiro atoms. The quantitative estimate of drug-likeness (QED) is 0.835. The second-order valence-electron chi connectivity index (χ2n) is 4.99. The van der Waals surface area contributed by atoms with Crippen molar-refractivity contribution in [2.24, 2.45) is 0 Å². The molecule has 0 radical (unpaired) electrons. The normalized spacial score (nSPS) is 12.1. The summed E-state index contributed by atoms with van der Waals surface area (Å²) in [5.74, 6) is -0.405. The third kappa shape index (κ3) is 3.85. The van der Waals surface area contributed by atoms with E-state index in [-0.39, 0.29) is 17.4 Å². The molecule has 0 unspecified atom stereocenters. The smallest absolute Gasteiger partial charge is 0.419 e. The predicted octanol–water partition coefficient (Wildman–Crippen LogP) is 4.60. The van der Waals surface area contributed by atoms with Gasteiger partial charge >= 0.3 is 6.18 Å². The topological polar surface area (TPSA) is 25.2 Å². The minimum Gasteiger partial charge on any atom is -0.460 e. The minimum absolute atomic E-state index is 0.194. The lowest BCUT2D eigenvalue weighted by atomic mass is 10.1. The highest BCUT2D eigenvalue weighted by Crippen LogP contribution is 2.34. The molecule has 2 nitrogen and oxygen atoms in total. The van der Waals surface area contributed by atoms with Gasteiger partial charge in [-0.1, -0.05) is 13.8 Å². The van der Waals surface area contributed by atoms with Crippen LogP contribution in [0.2, 0.25) is 0 Å². The van der Waals surface area contributed by atoms with Gasteiger partial charge in [0.05, 0.1) is 12.1 Å². The molecule has 0 bridgehead atoms. The third-order valence-corrected chi connectivity index (χ3v) is 2.90. The van der Waals surface area contributed by atoms with Crippen LogP contribution in [0.15, 0.2) is 34.7 Å². The van der Waals surface area contributed by atoms with Crippen LogP contribution in [0.4, 0.5) is 17.6 Å². The summed E-state index contributed by atoms with van der Waals surface area (Å²) >= 11 is 0. The summed E-state index contributed by atoms with van der Waals surface area (Å²) in [6, 6.07) is 6.34. The summed E-state index contributed by atoms with van der Waals surface area (Å²) in [4.78, 5) is 0. The van der Waals surface area contributed by atoms with Gasteiger partial charge in [0.2, 0.25) is 0 Å². The fraction of sp³-hybridized carbons (Fsp3) is 0.333. The summed E-state index contributed by atoms with van der Waals surface area (Å²) in [5, 5.41) is 3.14. The van der Waals surface area contributed by atoms with E-state index in [4.69, 9.17) is 4.42 Å². The number of nitrogens with one attached hydrogen (secondary N) is 1. The molecule has 0 saturated carbocycles. The lowest BCUT2D eigenvalue weighted by molar-refractivity contribution is -0.139. The summed E-state index contributed by atoms with van der Waals surface area (Å²) in [7, 11) is 0. The molecule has 1 aromatic heterocycles. The molecule has 2 aromatic rings. The maximum atomic E-state index is 13.2. The zero-order chi connectivity index (χ0) is 15.6. The third-order valence-electron chi connectivity index (χ3n) is 2.90. The van der Waals surface area contributed by atoms with Gasteiger partial charge in [-0.05, 0) is 30.3 Å². The van der Waals surface area contributed by atoms with E-state index in [0.717, 1.165) is 12.1 Å². The number of halogens is 4. The van der Waals surface area contributed by atoms with Crippen molar-refractivity contribution in [1.29, 1.82) is 0 Å². The van der Waals surface area contributed by atoms with E-state index in [1.54, 1.807) is 12.1 Å². The van der Waals surface area contributed by atoms with Crippen LogP contribution in [0.5, 0.6) is 0 Å². The fourth-order valence-corrected chi connectivity index (χ4v) is 1.83. The summed E-state index contributed by atoms with van der Waals surface area (Å²) in [6.45, 7) is 4.42. The molecule has 1 heterocycles. The van der Waals surface area contributed by atoms with Crippen LogP contribution in [-0.4, -0.2) is 6.04 Å². The van der Waals surface area contributed by atoms with Crippen LogP contribution in [0.1, 0.15) is 25.2 Å². The van der Waals surface area contributed by atoms with Gasteiger partial charge in [-0.25, -0.2) is 4.39 Å². The van der Waals surface area contributed by atoms with Crippen molar-refractivity contribution in [3.8, 4) is 11.3 Å². The van der Waals surface area contributed by atoms with Crippen molar-refractivity contribution in [3.63, 3.8) is 0 Å². The Kier molecular flexibility index (Phi) is 4.37. The Morgan fingerprint density at radius 2 is 1.86 bits per heavy atom. The van der Waals surface area contributed by atoms with Gasteiger partial charge in [0.25, 0.3) is 0 Å². The summed E-state index contributed by atoms with van der Waals surface area (Å²) < 4.78 is 56.7. The Hall–Kier alpha value is -1.82. The molecule has 0 aliphatic heterocycles. The van der Waals surface area contributed by atoms with E-state index in [1.807, 2.05) is 13.8 Å². The van der Waals surface area contributed by atoms with Crippen LogP contribution in [0.3, 0.4) is 0 Å². The molecule has 0 amide bonds. The molecule has 6 heteroatoms. The largest absolute Gasteiger partial charge is 0.460 e. The number of hydrogen-bond acceptors (Lipinski definition) is 2. The molecule has 0 saturated heterocycles. The summed E-state index contributed by atoms with van der Waals surface area (Å²) in [5.41, 5.74) is -1.10. The monoisotopic (exact) mass is 301 g/mol. The van der Waals surface area contributed by atoms with E-state index in [2.05, 4.69) is 5.32 Å². The molecule has 0 atom stereocenters. The Balaban J connectivity index is 2.26.